The summed E-state index contributed by atoms with van der Waals surface area (Å²) in [6, 6.07) is 6.55. The summed E-state index contributed by atoms with van der Waals surface area (Å²) in [5.74, 6) is -0.626. The van der Waals surface area contributed by atoms with Crippen molar-refractivity contribution in [3.8, 4) is 5.75 Å². The summed E-state index contributed by atoms with van der Waals surface area (Å²) < 4.78 is 5.45. The number of aromatic carboxylic acids is 1. The molecule has 0 amide bonds. The highest BCUT2D eigenvalue weighted by Gasteiger charge is 2.10. The number of carbonyl (C=O) groups is 1. The van der Waals surface area contributed by atoms with E-state index in [-0.39, 0.29) is 11.7 Å². The van der Waals surface area contributed by atoms with Crippen molar-refractivity contribution in [2.45, 2.75) is 13.0 Å². The van der Waals surface area contributed by atoms with Crippen LogP contribution in [0.5, 0.6) is 5.75 Å². The maximum absolute atomic E-state index is 10.9. The Bertz CT molecular complexity index is 392. The number of rotatable bonds is 7. The molecule has 0 heterocycles. The van der Waals surface area contributed by atoms with Gasteiger partial charge in [0.25, 0.3) is 0 Å². The Morgan fingerprint density at radius 1 is 1.44 bits per heavy atom. The molecule has 1 aromatic carbocycles. The second-order valence-corrected chi connectivity index (χ2v) is 4.26. The number of hydrogen-bond acceptors (Lipinski definition) is 4. The molecule has 0 radical (unpaired) electrons. The van der Waals surface area contributed by atoms with Crippen molar-refractivity contribution in [1.29, 1.82) is 0 Å². The second-order valence-electron chi connectivity index (χ2n) is 4.26. The van der Waals surface area contributed by atoms with Crippen LogP contribution in [0.1, 0.15) is 17.3 Å². The number of likely N-dealkylation sites (N-methyl/N-ethyl adjacent to an activating group) is 1. The Labute approximate surface area is 107 Å². The lowest BCUT2D eigenvalue weighted by Crippen LogP contribution is -2.31. The third-order valence-electron chi connectivity index (χ3n) is 2.42. The van der Waals surface area contributed by atoms with Crippen LogP contribution in [0, 0.1) is 0 Å². The molecule has 1 rings (SSSR count). The maximum Gasteiger partial charge on any atom is 0.339 e. The predicted octanol–water partition coefficient (Wildman–Crippen LogP) is 1.08. The van der Waals surface area contributed by atoms with E-state index < -0.39 is 5.97 Å². The zero-order valence-electron chi connectivity index (χ0n) is 10.7. The molecule has 0 aromatic heterocycles. The minimum Gasteiger partial charge on any atom is -0.491 e. The molecule has 1 atom stereocenters. The molecule has 0 spiro atoms. The van der Waals surface area contributed by atoms with Crippen LogP contribution in [0.25, 0.3) is 0 Å². The molecule has 0 saturated heterocycles. The zero-order chi connectivity index (χ0) is 13.5. The molecule has 1 aromatic rings. The number of carboxylic acid groups (broad SMARTS) is 1. The van der Waals surface area contributed by atoms with Gasteiger partial charge in [-0.15, -0.1) is 0 Å². The first-order chi connectivity index (χ1) is 8.50. The highest BCUT2D eigenvalue weighted by atomic mass is 16.5. The Hall–Kier alpha value is -1.59. The average Bonchev–Trinajstić information content (AvgIpc) is 2.28. The van der Waals surface area contributed by atoms with Gasteiger partial charge in [-0.05, 0) is 26.1 Å². The highest BCUT2D eigenvalue weighted by molar-refractivity contribution is 5.90. The quantitative estimate of drug-likeness (QED) is 0.761. The number of nitrogens with zero attached hydrogens (tertiary/aromatic N) is 1. The topological polar surface area (TPSA) is 70.0 Å². The molecule has 5 heteroatoms. The lowest BCUT2D eigenvalue weighted by Gasteiger charge is -2.18. The van der Waals surface area contributed by atoms with E-state index >= 15 is 0 Å². The number of para-hydroxylation sites is 1. The van der Waals surface area contributed by atoms with E-state index in [4.69, 9.17) is 9.84 Å². The van der Waals surface area contributed by atoms with Crippen molar-refractivity contribution in [2.24, 2.45) is 0 Å². The van der Waals surface area contributed by atoms with E-state index in [1.165, 1.54) is 6.07 Å². The van der Waals surface area contributed by atoms with E-state index in [0.717, 1.165) is 0 Å². The molecule has 0 bridgehead atoms. The van der Waals surface area contributed by atoms with Gasteiger partial charge in [0.15, 0.2) is 0 Å². The van der Waals surface area contributed by atoms with Gasteiger partial charge in [-0.3, -0.25) is 0 Å². The SMILES string of the molecule is CC(O)CN(C)CCOc1ccccc1C(=O)O. The molecule has 0 aliphatic carbocycles. The number of carboxylic acids is 1. The Morgan fingerprint density at radius 2 is 2.11 bits per heavy atom. The van der Waals surface area contributed by atoms with Gasteiger partial charge in [0.2, 0.25) is 0 Å². The molecule has 2 N–H and O–H groups in total. The van der Waals surface area contributed by atoms with Crippen molar-refractivity contribution in [3.05, 3.63) is 29.8 Å². The van der Waals surface area contributed by atoms with Gasteiger partial charge in [-0.25, -0.2) is 4.79 Å². The number of hydrogen-bond donors (Lipinski definition) is 2. The standard InChI is InChI=1S/C13H19NO4/c1-10(15)9-14(2)7-8-18-12-6-4-3-5-11(12)13(16)17/h3-6,10,15H,7-9H2,1-2H3,(H,16,17). The predicted molar refractivity (Wildman–Crippen MR) is 68.1 cm³/mol. The molecular weight excluding hydrogens is 234 g/mol. The summed E-state index contributed by atoms with van der Waals surface area (Å²) in [5, 5.41) is 18.2. The number of aliphatic hydroxyl groups is 1. The summed E-state index contributed by atoms with van der Waals surface area (Å²) in [6.07, 6.45) is -0.388. The summed E-state index contributed by atoms with van der Waals surface area (Å²) >= 11 is 0. The van der Waals surface area contributed by atoms with Crippen molar-refractivity contribution in [2.75, 3.05) is 26.7 Å². The summed E-state index contributed by atoms with van der Waals surface area (Å²) in [4.78, 5) is 12.9. The Kier molecular flexibility index (Phi) is 5.61. The van der Waals surface area contributed by atoms with E-state index in [0.29, 0.717) is 25.4 Å². The van der Waals surface area contributed by atoms with Gasteiger partial charge < -0.3 is 19.8 Å². The average molecular weight is 253 g/mol. The van der Waals surface area contributed by atoms with E-state index in [2.05, 4.69) is 0 Å². The lowest BCUT2D eigenvalue weighted by molar-refractivity contribution is 0.0691. The fourth-order valence-electron chi connectivity index (χ4n) is 1.62. The molecule has 0 saturated carbocycles. The van der Waals surface area contributed by atoms with Gasteiger partial charge in [-0.2, -0.15) is 0 Å². The second kappa shape index (κ2) is 6.98. The molecule has 100 valence electrons. The first-order valence-corrected chi connectivity index (χ1v) is 5.82. The summed E-state index contributed by atoms with van der Waals surface area (Å²) in [6.45, 7) is 3.29. The van der Waals surface area contributed by atoms with Crippen molar-refractivity contribution >= 4 is 5.97 Å². The molecule has 5 nitrogen and oxygen atoms in total. The van der Waals surface area contributed by atoms with Crippen LogP contribution >= 0.6 is 0 Å². The first kappa shape index (κ1) is 14.5. The van der Waals surface area contributed by atoms with Crippen molar-refractivity contribution < 1.29 is 19.7 Å². The molecule has 0 fully saturated rings. The Balaban J connectivity index is 2.46. The van der Waals surface area contributed by atoms with Crippen LogP contribution in [0.4, 0.5) is 0 Å². The van der Waals surface area contributed by atoms with Gasteiger partial charge in [-0.1, -0.05) is 12.1 Å². The molecule has 0 aliphatic heterocycles. The minimum atomic E-state index is -0.997. The number of benzene rings is 1. The van der Waals surface area contributed by atoms with E-state index in [1.54, 1.807) is 25.1 Å². The number of aliphatic hydroxyl groups excluding tert-OH is 1. The van der Waals surface area contributed by atoms with E-state index in [9.17, 15) is 9.90 Å². The highest BCUT2D eigenvalue weighted by Crippen LogP contribution is 2.17. The minimum absolute atomic E-state index is 0.163. The largest absolute Gasteiger partial charge is 0.491 e. The first-order valence-electron chi connectivity index (χ1n) is 5.82. The summed E-state index contributed by atoms with van der Waals surface area (Å²) in [5.41, 5.74) is 0.163. The van der Waals surface area contributed by atoms with Gasteiger partial charge in [0.05, 0.1) is 6.10 Å². The third kappa shape index (κ3) is 4.73. The fourth-order valence-corrected chi connectivity index (χ4v) is 1.62. The van der Waals surface area contributed by atoms with Crippen LogP contribution in [-0.2, 0) is 0 Å². The van der Waals surface area contributed by atoms with Crippen LogP contribution in [0.15, 0.2) is 24.3 Å². The molecular formula is C13H19NO4. The smallest absolute Gasteiger partial charge is 0.339 e. The molecule has 0 aliphatic rings. The van der Waals surface area contributed by atoms with Crippen molar-refractivity contribution in [1.82, 2.24) is 4.90 Å². The van der Waals surface area contributed by atoms with Crippen LogP contribution in [0.2, 0.25) is 0 Å². The normalized spacial score (nSPS) is 12.4. The fraction of sp³-hybridized carbons (Fsp3) is 0.462. The number of ether oxygens (including phenoxy) is 1. The maximum atomic E-state index is 10.9. The van der Waals surface area contributed by atoms with Crippen LogP contribution in [0.3, 0.4) is 0 Å². The van der Waals surface area contributed by atoms with Gasteiger partial charge >= 0.3 is 5.97 Å². The lowest BCUT2D eigenvalue weighted by atomic mass is 10.2. The Morgan fingerprint density at radius 3 is 2.72 bits per heavy atom. The van der Waals surface area contributed by atoms with Gasteiger partial charge in [0, 0.05) is 13.1 Å². The molecule has 18 heavy (non-hydrogen) atoms. The van der Waals surface area contributed by atoms with Gasteiger partial charge in [0.1, 0.15) is 17.9 Å². The van der Waals surface area contributed by atoms with Crippen LogP contribution in [-0.4, -0.2) is 53.9 Å². The zero-order valence-corrected chi connectivity index (χ0v) is 10.7. The summed E-state index contributed by atoms with van der Waals surface area (Å²) in [7, 11) is 1.87. The molecule has 1 unspecified atom stereocenters. The third-order valence-corrected chi connectivity index (χ3v) is 2.42. The monoisotopic (exact) mass is 253 g/mol. The van der Waals surface area contributed by atoms with Crippen LogP contribution < -0.4 is 4.74 Å². The van der Waals surface area contributed by atoms with Crippen molar-refractivity contribution in [3.63, 3.8) is 0 Å². The van der Waals surface area contributed by atoms with E-state index in [1.807, 2.05) is 11.9 Å².